The molecular weight excluding hydrogens is 252 g/mol. The smallest absolute Gasteiger partial charge is 0.230 e. The van der Waals surface area contributed by atoms with E-state index in [-0.39, 0.29) is 5.91 Å². The number of carbonyl (C=O) groups is 1. The number of nitrogens with zero attached hydrogens (tertiary/aromatic N) is 3. The van der Waals surface area contributed by atoms with Crippen molar-refractivity contribution in [3.8, 4) is 0 Å². The summed E-state index contributed by atoms with van der Waals surface area (Å²) in [7, 11) is 1.77. The van der Waals surface area contributed by atoms with Gasteiger partial charge in [-0.3, -0.25) is 9.48 Å². The summed E-state index contributed by atoms with van der Waals surface area (Å²) in [5.74, 6) is 1.16. The fourth-order valence-corrected chi connectivity index (χ4v) is 2.43. The van der Waals surface area contributed by atoms with E-state index in [0.29, 0.717) is 12.2 Å². The topological polar surface area (TPSA) is 59.8 Å². The lowest BCUT2D eigenvalue weighted by Gasteiger charge is -2.25. The van der Waals surface area contributed by atoms with E-state index >= 15 is 0 Å². The molecule has 1 saturated carbocycles. The summed E-state index contributed by atoms with van der Waals surface area (Å²) < 4.78 is 1.56. The van der Waals surface area contributed by atoms with Gasteiger partial charge in [-0.25, -0.2) is 0 Å². The molecule has 20 heavy (non-hydrogen) atoms. The van der Waals surface area contributed by atoms with Gasteiger partial charge in [0.05, 0.1) is 12.6 Å². The molecule has 1 N–H and O–H groups in total. The Kier molecular flexibility index (Phi) is 3.50. The number of aromatic nitrogens is 3. The first-order valence-corrected chi connectivity index (χ1v) is 6.96. The van der Waals surface area contributed by atoms with E-state index in [4.69, 9.17) is 0 Å². The molecule has 0 radical (unpaired) electrons. The standard InChI is InChI=1S/C15H18N4O/c1-19-10-14(17-18-19)16-15(20)9-11-5-7-13(8-6-11)12-3-2-4-12/h5-8,10,12H,2-4,9H2,1H3,(H,16,20). The Hall–Kier alpha value is -2.17. The molecule has 0 atom stereocenters. The molecule has 1 aromatic heterocycles. The molecule has 1 fully saturated rings. The lowest BCUT2D eigenvalue weighted by atomic mass is 9.80. The first-order valence-electron chi connectivity index (χ1n) is 6.96. The molecule has 0 unspecified atom stereocenters. The number of hydrogen-bond acceptors (Lipinski definition) is 3. The fourth-order valence-electron chi connectivity index (χ4n) is 2.43. The quantitative estimate of drug-likeness (QED) is 0.927. The van der Waals surface area contributed by atoms with Crippen LogP contribution in [0.25, 0.3) is 0 Å². The van der Waals surface area contributed by atoms with Crippen molar-refractivity contribution in [1.29, 1.82) is 0 Å². The number of nitrogens with one attached hydrogen (secondary N) is 1. The van der Waals surface area contributed by atoms with Crippen molar-refractivity contribution in [2.75, 3.05) is 5.32 Å². The van der Waals surface area contributed by atoms with Gasteiger partial charge < -0.3 is 5.32 Å². The molecule has 3 rings (SSSR count). The van der Waals surface area contributed by atoms with Crippen LogP contribution in [0.4, 0.5) is 5.82 Å². The minimum atomic E-state index is -0.0677. The highest BCUT2D eigenvalue weighted by Crippen LogP contribution is 2.36. The van der Waals surface area contributed by atoms with Crippen LogP contribution in [-0.2, 0) is 18.3 Å². The monoisotopic (exact) mass is 270 g/mol. The highest BCUT2D eigenvalue weighted by Gasteiger charge is 2.19. The lowest BCUT2D eigenvalue weighted by Crippen LogP contribution is -2.15. The molecular formula is C15H18N4O. The average molecular weight is 270 g/mol. The van der Waals surface area contributed by atoms with E-state index in [2.05, 4.69) is 27.8 Å². The number of hydrogen-bond donors (Lipinski definition) is 1. The third-order valence-corrected chi connectivity index (χ3v) is 3.79. The highest BCUT2D eigenvalue weighted by atomic mass is 16.1. The molecule has 1 heterocycles. The molecule has 0 spiro atoms. The Bertz CT molecular complexity index is 599. The van der Waals surface area contributed by atoms with Crippen LogP contribution in [0.3, 0.4) is 0 Å². The molecule has 1 aliphatic carbocycles. The van der Waals surface area contributed by atoms with Crippen LogP contribution in [0.15, 0.2) is 30.5 Å². The second-order valence-corrected chi connectivity index (χ2v) is 5.37. The number of rotatable bonds is 4. The summed E-state index contributed by atoms with van der Waals surface area (Å²) in [6.45, 7) is 0. The summed E-state index contributed by atoms with van der Waals surface area (Å²) in [6, 6.07) is 8.39. The second-order valence-electron chi connectivity index (χ2n) is 5.37. The molecule has 0 saturated heterocycles. The fraction of sp³-hybridized carbons (Fsp3) is 0.400. The summed E-state index contributed by atoms with van der Waals surface area (Å²) in [5.41, 5.74) is 2.42. The van der Waals surface area contributed by atoms with E-state index in [1.165, 1.54) is 24.8 Å². The minimum Gasteiger partial charge on any atom is -0.308 e. The molecule has 0 aliphatic heterocycles. The number of anilines is 1. The summed E-state index contributed by atoms with van der Waals surface area (Å²) in [5, 5.41) is 10.3. The van der Waals surface area contributed by atoms with Crippen LogP contribution < -0.4 is 5.32 Å². The van der Waals surface area contributed by atoms with Crippen molar-refractivity contribution >= 4 is 11.7 Å². The van der Waals surface area contributed by atoms with Crippen molar-refractivity contribution < 1.29 is 4.79 Å². The predicted octanol–water partition coefficient (Wildman–Crippen LogP) is 2.26. The van der Waals surface area contributed by atoms with Crippen LogP contribution >= 0.6 is 0 Å². The Balaban J connectivity index is 1.58. The van der Waals surface area contributed by atoms with Crippen LogP contribution in [-0.4, -0.2) is 20.9 Å². The molecule has 1 aliphatic rings. The molecule has 5 heteroatoms. The second kappa shape index (κ2) is 5.45. The van der Waals surface area contributed by atoms with E-state index in [1.54, 1.807) is 17.9 Å². The maximum absolute atomic E-state index is 11.9. The third kappa shape index (κ3) is 2.87. The normalized spacial score (nSPS) is 14.8. The van der Waals surface area contributed by atoms with Crippen LogP contribution in [0, 0.1) is 0 Å². The van der Waals surface area contributed by atoms with Crippen LogP contribution in [0.1, 0.15) is 36.3 Å². The third-order valence-electron chi connectivity index (χ3n) is 3.79. The molecule has 0 bridgehead atoms. The van der Waals surface area contributed by atoms with E-state index in [1.807, 2.05) is 12.1 Å². The molecule has 2 aromatic rings. The first kappa shape index (κ1) is 12.8. The Labute approximate surface area is 118 Å². The lowest BCUT2D eigenvalue weighted by molar-refractivity contribution is -0.115. The van der Waals surface area contributed by atoms with Gasteiger partial charge in [-0.15, -0.1) is 5.10 Å². The van der Waals surface area contributed by atoms with Gasteiger partial charge in [-0.05, 0) is 29.9 Å². The zero-order valence-electron chi connectivity index (χ0n) is 11.5. The zero-order chi connectivity index (χ0) is 13.9. The number of amides is 1. The van der Waals surface area contributed by atoms with Gasteiger partial charge in [0, 0.05) is 7.05 Å². The van der Waals surface area contributed by atoms with Gasteiger partial charge in [-0.2, -0.15) is 0 Å². The first-order chi connectivity index (χ1) is 9.70. The van der Waals surface area contributed by atoms with E-state index in [9.17, 15) is 4.79 Å². The van der Waals surface area contributed by atoms with Crippen LogP contribution in [0.2, 0.25) is 0 Å². The molecule has 5 nitrogen and oxygen atoms in total. The minimum absolute atomic E-state index is 0.0677. The van der Waals surface area contributed by atoms with Crippen molar-refractivity contribution in [2.45, 2.75) is 31.6 Å². The largest absolute Gasteiger partial charge is 0.308 e. The molecule has 104 valence electrons. The molecule has 1 amide bonds. The van der Waals surface area contributed by atoms with Gasteiger partial charge in [0.1, 0.15) is 0 Å². The van der Waals surface area contributed by atoms with Gasteiger partial charge >= 0.3 is 0 Å². The van der Waals surface area contributed by atoms with E-state index < -0.39 is 0 Å². The zero-order valence-corrected chi connectivity index (χ0v) is 11.5. The summed E-state index contributed by atoms with van der Waals surface area (Å²) in [6.07, 6.45) is 5.98. The summed E-state index contributed by atoms with van der Waals surface area (Å²) in [4.78, 5) is 11.9. The maximum Gasteiger partial charge on any atom is 0.230 e. The van der Waals surface area contributed by atoms with Gasteiger partial charge in [0.15, 0.2) is 5.82 Å². The average Bonchev–Trinajstić information content (AvgIpc) is 2.75. The Morgan fingerprint density at radius 3 is 2.65 bits per heavy atom. The number of benzene rings is 1. The Morgan fingerprint density at radius 1 is 1.35 bits per heavy atom. The predicted molar refractivity (Wildman–Crippen MR) is 76.4 cm³/mol. The number of aryl methyl sites for hydroxylation is 1. The van der Waals surface area contributed by atoms with Crippen molar-refractivity contribution in [2.24, 2.45) is 7.05 Å². The number of carbonyl (C=O) groups excluding carboxylic acids is 1. The van der Waals surface area contributed by atoms with E-state index in [0.717, 1.165) is 11.5 Å². The van der Waals surface area contributed by atoms with Crippen LogP contribution in [0.5, 0.6) is 0 Å². The SMILES string of the molecule is Cn1cc(NC(=O)Cc2ccc(C3CCC3)cc2)nn1. The van der Waals surface area contributed by atoms with Gasteiger partial charge in [0.25, 0.3) is 0 Å². The highest BCUT2D eigenvalue weighted by molar-refractivity contribution is 5.91. The molecule has 1 aromatic carbocycles. The maximum atomic E-state index is 11.9. The summed E-state index contributed by atoms with van der Waals surface area (Å²) >= 11 is 0. The van der Waals surface area contributed by atoms with Crippen molar-refractivity contribution in [3.63, 3.8) is 0 Å². The Morgan fingerprint density at radius 2 is 2.10 bits per heavy atom. The van der Waals surface area contributed by atoms with Gasteiger partial charge in [0.2, 0.25) is 5.91 Å². The van der Waals surface area contributed by atoms with Crippen molar-refractivity contribution in [1.82, 2.24) is 15.0 Å². The van der Waals surface area contributed by atoms with Gasteiger partial charge in [-0.1, -0.05) is 35.9 Å². The van der Waals surface area contributed by atoms with Crippen molar-refractivity contribution in [3.05, 3.63) is 41.6 Å².